The van der Waals surface area contributed by atoms with E-state index < -0.39 is 10.0 Å². The van der Waals surface area contributed by atoms with Gasteiger partial charge in [0.15, 0.2) is 5.82 Å². The highest BCUT2D eigenvalue weighted by Crippen LogP contribution is 2.21. The van der Waals surface area contributed by atoms with Crippen molar-refractivity contribution in [1.29, 1.82) is 0 Å². The van der Waals surface area contributed by atoms with Gasteiger partial charge in [0.2, 0.25) is 10.0 Å². The van der Waals surface area contributed by atoms with E-state index in [9.17, 15) is 13.2 Å². The van der Waals surface area contributed by atoms with Gasteiger partial charge < -0.3 is 9.47 Å². The normalized spacial score (nSPS) is 15.6. The van der Waals surface area contributed by atoms with Crippen molar-refractivity contribution in [3.63, 3.8) is 0 Å². The van der Waals surface area contributed by atoms with Crippen LogP contribution in [0.15, 0.2) is 52.4 Å². The predicted molar refractivity (Wildman–Crippen MR) is 116 cm³/mol. The topological polar surface area (TPSA) is 88.4 Å². The molecule has 0 bridgehead atoms. The maximum absolute atomic E-state index is 13.0. The number of anilines is 1. The summed E-state index contributed by atoms with van der Waals surface area (Å²) < 4.78 is 29.0. The minimum Gasteiger partial charge on any atom is -0.349 e. The fraction of sp³-hybridized carbons (Fsp3) is 0.381. The van der Waals surface area contributed by atoms with Crippen molar-refractivity contribution >= 4 is 26.9 Å². The van der Waals surface area contributed by atoms with Gasteiger partial charge in [0.1, 0.15) is 0 Å². The average molecular weight is 428 g/mol. The SMILES string of the molecule is CCCc1ccc(S(=O)(=O)N2CCN(c3nc4ccncc4n(C)c3=O)CC2)cc1. The number of pyridine rings is 1. The van der Waals surface area contributed by atoms with Crippen LogP contribution in [-0.2, 0) is 23.5 Å². The van der Waals surface area contributed by atoms with Crippen molar-refractivity contribution in [1.82, 2.24) is 18.8 Å². The Hall–Kier alpha value is -2.78. The Morgan fingerprint density at radius 3 is 2.40 bits per heavy atom. The Morgan fingerprint density at radius 1 is 1.03 bits per heavy atom. The molecule has 9 heteroatoms. The lowest BCUT2D eigenvalue weighted by molar-refractivity contribution is 0.383. The van der Waals surface area contributed by atoms with Crippen LogP contribution in [0.1, 0.15) is 18.9 Å². The number of hydrogen-bond acceptors (Lipinski definition) is 6. The molecule has 0 atom stereocenters. The minimum absolute atomic E-state index is 0.210. The molecular formula is C21H25N5O3S. The van der Waals surface area contributed by atoms with Crippen LogP contribution in [0.5, 0.6) is 0 Å². The van der Waals surface area contributed by atoms with Crippen molar-refractivity contribution < 1.29 is 8.42 Å². The van der Waals surface area contributed by atoms with Crippen LogP contribution < -0.4 is 10.5 Å². The second-order valence-corrected chi connectivity index (χ2v) is 9.39. The summed E-state index contributed by atoms with van der Waals surface area (Å²) in [5.74, 6) is 0.345. The summed E-state index contributed by atoms with van der Waals surface area (Å²) in [4.78, 5) is 23.5. The standard InChI is InChI=1S/C21H25N5O3S/c1-3-4-16-5-7-17(8-6-16)30(28,29)26-13-11-25(12-14-26)20-21(27)24(2)19-15-22-10-9-18(19)23-20/h5-10,15H,3-4,11-14H2,1-2H3. The van der Waals surface area contributed by atoms with Crippen molar-refractivity contribution in [3.8, 4) is 0 Å². The zero-order valence-electron chi connectivity index (χ0n) is 17.2. The summed E-state index contributed by atoms with van der Waals surface area (Å²) in [5.41, 5.74) is 2.27. The molecule has 1 fully saturated rings. The van der Waals surface area contributed by atoms with Crippen LogP contribution in [0.2, 0.25) is 0 Å². The van der Waals surface area contributed by atoms with Gasteiger partial charge >= 0.3 is 0 Å². The van der Waals surface area contributed by atoms with Crippen LogP contribution in [-0.4, -0.2) is 53.4 Å². The van der Waals surface area contributed by atoms with Gasteiger partial charge in [0.05, 0.1) is 22.1 Å². The second kappa shape index (κ2) is 8.16. The van der Waals surface area contributed by atoms with Gasteiger partial charge in [-0.25, -0.2) is 13.4 Å². The average Bonchev–Trinajstić information content (AvgIpc) is 2.77. The number of aromatic nitrogens is 3. The predicted octanol–water partition coefficient (Wildman–Crippen LogP) is 1.79. The molecule has 0 N–H and O–H groups in total. The Kier molecular flexibility index (Phi) is 5.57. The molecule has 0 amide bonds. The van der Waals surface area contributed by atoms with Gasteiger partial charge in [-0.2, -0.15) is 4.31 Å². The first-order valence-corrected chi connectivity index (χ1v) is 11.5. The molecule has 0 radical (unpaired) electrons. The number of fused-ring (bicyclic) bond motifs is 1. The Morgan fingerprint density at radius 2 is 1.73 bits per heavy atom. The summed E-state index contributed by atoms with van der Waals surface area (Å²) in [6.45, 7) is 3.52. The lowest BCUT2D eigenvalue weighted by atomic mass is 10.1. The number of hydrogen-bond donors (Lipinski definition) is 0. The number of aryl methyl sites for hydroxylation is 2. The molecule has 158 valence electrons. The molecular weight excluding hydrogens is 402 g/mol. The highest BCUT2D eigenvalue weighted by molar-refractivity contribution is 7.89. The number of piperazine rings is 1. The molecule has 8 nitrogen and oxygen atoms in total. The molecule has 3 heterocycles. The largest absolute Gasteiger partial charge is 0.349 e. The number of sulfonamides is 1. The molecule has 0 saturated carbocycles. The Balaban J connectivity index is 1.53. The van der Waals surface area contributed by atoms with Crippen molar-refractivity contribution in [2.45, 2.75) is 24.7 Å². The lowest BCUT2D eigenvalue weighted by Gasteiger charge is -2.34. The lowest BCUT2D eigenvalue weighted by Crippen LogP contribution is -2.50. The van der Waals surface area contributed by atoms with Crippen LogP contribution in [0, 0.1) is 0 Å². The van der Waals surface area contributed by atoms with Gasteiger partial charge in [0.25, 0.3) is 5.56 Å². The van der Waals surface area contributed by atoms with E-state index in [0.717, 1.165) is 18.4 Å². The smallest absolute Gasteiger partial charge is 0.293 e. The van der Waals surface area contributed by atoms with Gasteiger partial charge in [-0.05, 0) is 30.2 Å². The molecule has 0 unspecified atom stereocenters. The van der Waals surface area contributed by atoms with Gasteiger partial charge in [-0.15, -0.1) is 0 Å². The van der Waals surface area contributed by atoms with E-state index in [-0.39, 0.29) is 5.56 Å². The quantitative estimate of drug-likeness (QED) is 0.617. The van der Waals surface area contributed by atoms with E-state index in [1.807, 2.05) is 17.0 Å². The van der Waals surface area contributed by atoms with E-state index >= 15 is 0 Å². The van der Waals surface area contributed by atoms with E-state index in [2.05, 4.69) is 16.9 Å². The summed E-state index contributed by atoms with van der Waals surface area (Å²) in [6.07, 6.45) is 5.21. The highest BCUT2D eigenvalue weighted by Gasteiger charge is 2.30. The summed E-state index contributed by atoms with van der Waals surface area (Å²) in [6, 6.07) is 8.89. The van der Waals surface area contributed by atoms with Gasteiger partial charge in [-0.1, -0.05) is 25.5 Å². The zero-order valence-corrected chi connectivity index (χ0v) is 18.0. The van der Waals surface area contributed by atoms with Crippen LogP contribution >= 0.6 is 0 Å². The molecule has 1 aromatic carbocycles. The van der Waals surface area contributed by atoms with E-state index in [1.54, 1.807) is 37.6 Å². The minimum atomic E-state index is -3.56. The summed E-state index contributed by atoms with van der Waals surface area (Å²) >= 11 is 0. The number of rotatable bonds is 5. The molecule has 2 aromatic heterocycles. The molecule has 4 rings (SSSR count). The fourth-order valence-electron chi connectivity index (χ4n) is 3.77. The van der Waals surface area contributed by atoms with Gasteiger partial charge in [-0.3, -0.25) is 9.78 Å². The third-order valence-electron chi connectivity index (χ3n) is 5.50. The molecule has 3 aromatic rings. The molecule has 0 aliphatic carbocycles. The number of nitrogens with zero attached hydrogens (tertiary/aromatic N) is 5. The van der Waals surface area contributed by atoms with Crippen molar-refractivity contribution in [2.75, 3.05) is 31.1 Å². The van der Waals surface area contributed by atoms with Crippen LogP contribution in [0.4, 0.5) is 5.82 Å². The Labute approximate surface area is 175 Å². The van der Waals surface area contributed by atoms with E-state index in [0.29, 0.717) is 47.9 Å². The monoisotopic (exact) mass is 427 g/mol. The van der Waals surface area contributed by atoms with Gasteiger partial charge in [0, 0.05) is 39.4 Å². The first-order valence-electron chi connectivity index (χ1n) is 10.1. The summed E-state index contributed by atoms with van der Waals surface area (Å²) in [7, 11) is -1.86. The van der Waals surface area contributed by atoms with Crippen molar-refractivity contribution in [2.24, 2.45) is 7.05 Å². The maximum atomic E-state index is 13.0. The second-order valence-electron chi connectivity index (χ2n) is 7.45. The first kappa shape index (κ1) is 20.5. The number of benzene rings is 1. The van der Waals surface area contributed by atoms with Crippen LogP contribution in [0.25, 0.3) is 11.0 Å². The zero-order chi connectivity index (χ0) is 21.3. The van der Waals surface area contributed by atoms with E-state index in [1.165, 1.54) is 8.87 Å². The molecule has 30 heavy (non-hydrogen) atoms. The summed E-state index contributed by atoms with van der Waals surface area (Å²) in [5, 5.41) is 0. The maximum Gasteiger partial charge on any atom is 0.293 e. The fourth-order valence-corrected chi connectivity index (χ4v) is 5.19. The van der Waals surface area contributed by atoms with Crippen molar-refractivity contribution in [3.05, 3.63) is 58.6 Å². The molecule has 0 spiro atoms. The highest BCUT2D eigenvalue weighted by atomic mass is 32.2. The molecule has 1 aliphatic heterocycles. The molecule has 1 aliphatic rings. The van der Waals surface area contributed by atoms with E-state index in [4.69, 9.17) is 0 Å². The van der Waals surface area contributed by atoms with Crippen LogP contribution in [0.3, 0.4) is 0 Å². The first-order chi connectivity index (χ1) is 14.4. The Bertz CT molecular complexity index is 1210. The third kappa shape index (κ3) is 3.70. The molecule has 1 saturated heterocycles. The third-order valence-corrected chi connectivity index (χ3v) is 7.41.